The Kier molecular flexibility index (Phi) is 7.76. The van der Waals surface area contributed by atoms with Crippen molar-refractivity contribution in [3.63, 3.8) is 0 Å². The lowest BCUT2D eigenvalue weighted by Crippen LogP contribution is -2.17. The fourth-order valence-electron chi connectivity index (χ4n) is 6.15. The predicted molar refractivity (Wildman–Crippen MR) is 166 cm³/mol. The van der Waals surface area contributed by atoms with E-state index in [0.717, 1.165) is 0 Å². The molecule has 4 aromatic rings. The van der Waals surface area contributed by atoms with E-state index in [1.807, 2.05) is 0 Å². The van der Waals surface area contributed by atoms with Gasteiger partial charge in [-0.1, -0.05) is 48.5 Å². The summed E-state index contributed by atoms with van der Waals surface area (Å²) in [4.78, 5) is 0. The van der Waals surface area contributed by atoms with Gasteiger partial charge in [-0.05, 0) is 172 Å². The molecule has 198 valence electrons. The van der Waals surface area contributed by atoms with Crippen LogP contribution in [0, 0.1) is 83.1 Å². The maximum absolute atomic E-state index is 2.45. The van der Waals surface area contributed by atoms with E-state index in [9.17, 15) is 0 Å². The van der Waals surface area contributed by atoms with E-state index < -0.39 is 0 Å². The van der Waals surface area contributed by atoms with Crippen LogP contribution in [-0.2, 0) is 0 Å². The largest absolute Gasteiger partial charge is 0.0552 e. The predicted octanol–water partition coefficient (Wildman–Crippen LogP) is 10.4. The Morgan fingerprint density at radius 2 is 0.395 bits per heavy atom. The van der Waals surface area contributed by atoms with Gasteiger partial charge >= 0.3 is 0 Å². The molecule has 0 aromatic heterocycles. The Bertz CT molecular complexity index is 1200. The number of hydrogen-bond acceptors (Lipinski definition) is 0. The molecule has 0 radical (unpaired) electrons. The molecular formula is C38H46. The number of rotatable bonds is 5. The maximum Gasteiger partial charge on any atom is 0.0199 e. The van der Waals surface area contributed by atoms with Gasteiger partial charge in [-0.15, -0.1) is 0 Å². The summed E-state index contributed by atoms with van der Waals surface area (Å²) in [5.41, 5.74) is 22.2. The second-order valence-electron chi connectivity index (χ2n) is 12.1. The van der Waals surface area contributed by atoms with E-state index in [1.165, 1.54) is 89.0 Å². The zero-order chi connectivity index (χ0) is 28.0. The first-order valence-corrected chi connectivity index (χ1v) is 14.1. The molecule has 4 rings (SSSR count). The second-order valence-corrected chi connectivity index (χ2v) is 12.1. The molecule has 0 aliphatic heterocycles. The molecule has 4 aromatic carbocycles. The third kappa shape index (κ3) is 5.11. The SMILES string of the molecule is Cc1cc(C(c2cc(C)c(C)c(C)c2)C(c2cc(C)c(C)c(C)c2)c2cc(C)c(C)c(C)c2)cc(C)c1C. The van der Waals surface area contributed by atoms with Crippen LogP contribution in [0.1, 0.15) is 101 Å². The summed E-state index contributed by atoms with van der Waals surface area (Å²) in [6, 6.07) is 19.6. The molecule has 0 heteroatoms. The maximum atomic E-state index is 2.45. The van der Waals surface area contributed by atoms with Gasteiger partial charge in [-0.3, -0.25) is 0 Å². The summed E-state index contributed by atoms with van der Waals surface area (Å²) in [5, 5.41) is 0. The van der Waals surface area contributed by atoms with Gasteiger partial charge in [0.2, 0.25) is 0 Å². The van der Waals surface area contributed by atoms with Crippen molar-refractivity contribution >= 4 is 0 Å². The van der Waals surface area contributed by atoms with Gasteiger partial charge in [0.1, 0.15) is 0 Å². The highest BCUT2D eigenvalue weighted by Crippen LogP contribution is 2.46. The summed E-state index contributed by atoms with van der Waals surface area (Å²) < 4.78 is 0. The number of aryl methyl sites for hydroxylation is 8. The minimum atomic E-state index is 0.203. The quantitative estimate of drug-likeness (QED) is 0.255. The third-order valence-corrected chi connectivity index (χ3v) is 9.57. The molecule has 0 unspecified atom stereocenters. The molecule has 0 saturated carbocycles. The molecular weight excluding hydrogens is 456 g/mol. The zero-order valence-corrected chi connectivity index (χ0v) is 25.8. The van der Waals surface area contributed by atoms with E-state index in [-0.39, 0.29) is 11.8 Å². The molecule has 0 saturated heterocycles. The van der Waals surface area contributed by atoms with Crippen molar-refractivity contribution in [2.75, 3.05) is 0 Å². The van der Waals surface area contributed by atoms with Crippen LogP contribution >= 0.6 is 0 Å². The Morgan fingerprint density at radius 1 is 0.263 bits per heavy atom. The van der Waals surface area contributed by atoms with E-state index in [1.54, 1.807) is 0 Å². The summed E-state index contributed by atoms with van der Waals surface area (Å²) in [5.74, 6) is 0.406. The standard InChI is InChI=1S/C38H46/c1-21-13-33(14-22(2)29(21)9)37(34-15-23(3)30(10)24(4)16-34)38(35-17-25(5)31(11)26(6)18-35)36-19-27(7)32(12)28(8)20-36/h13-20,37-38H,1-12H3. The lowest BCUT2D eigenvalue weighted by Gasteiger charge is -2.32. The highest BCUT2D eigenvalue weighted by atomic mass is 14.3. The first-order chi connectivity index (χ1) is 17.8. The summed E-state index contributed by atoms with van der Waals surface area (Å²) >= 11 is 0. The van der Waals surface area contributed by atoms with Crippen molar-refractivity contribution in [3.05, 3.63) is 138 Å². The van der Waals surface area contributed by atoms with Crippen LogP contribution in [0.2, 0.25) is 0 Å². The smallest absolute Gasteiger partial charge is 0.0199 e. The van der Waals surface area contributed by atoms with Crippen molar-refractivity contribution in [2.24, 2.45) is 0 Å². The van der Waals surface area contributed by atoms with Gasteiger partial charge in [0.15, 0.2) is 0 Å². The van der Waals surface area contributed by atoms with Gasteiger partial charge in [-0.2, -0.15) is 0 Å². The molecule has 0 atom stereocenters. The Labute approximate surface area is 232 Å². The Balaban J connectivity index is 2.14. The summed E-state index contributed by atoms with van der Waals surface area (Å²) in [6.45, 7) is 27.1. The highest BCUT2D eigenvalue weighted by Gasteiger charge is 2.30. The van der Waals surface area contributed by atoms with Crippen molar-refractivity contribution < 1.29 is 0 Å². The van der Waals surface area contributed by atoms with E-state index in [0.29, 0.717) is 0 Å². The molecule has 0 amide bonds. The fraction of sp³-hybridized carbons (Fsp3) is 0.368. The minimum absolute atomic E-state index is 0.203. The van der Waals surface area contributed by atoms with Crippen molar-refractivity contribution in [1.82, 2.24) is 0 Å². The lowest BCUT2D eigenvalue weighted by atomic mass is 9.71. The number of benzene rings is 4. The molecule has 0 aliphatic rings. The normalized spacial score (nSPS) is 11.6. The van der Waals surface area contributed by atoms with Crippen LogP contribution < -0.4 is 0 Å². The van der Waals surface area contributed by atoms with Crippen LogP contribution in [0.25, 0.3) is 0 Å². The van der Waals surface area contributed by atoms with E-state index in [2.05, 4.69) is 132 Å². The van der Waals surface area contributed by atoms with Gasteiger partial charge < -0.3 is 0 Å². The van der Waals surface area contributed by atoms with E-state index in [4.69, 9.17) is 0 Å². The van der Waals surface area contributed by atoms with Crippen LogP contribution in [0.5, 0.6) is 0 Å². The average molecular weight is 503 g/mol. The lowest BCUT2D eigenvalue weighted by molar-refractivity contribution is 0.688. The molecule has 38 heavy (non-hydrogen) atoms. The molecule has 0 N–H and O–H groups in total. The van der Waals surface area contributed by atoms with Crippen molar-refractivity contribution in [3.8, 4) is 0 Å². The van der Waals surface area contributed by atoms with Crippen LogP contribution in [0.4, 0.5) is 0 Å². The second kappa shape index (κ2) is 10.6. The monoisotopic (exact) mass is 502 g/mol. The zero-order valence-electron chi connectivity index (χ0n) is 25.8. The molecule has 0 nitrogen and oxygen atoms in total. The van der Waals surface area contributed by atoms with Crippen LogP contribution in [-0.4, -0.2) is 0 Å². The molecule has 0 spiro atoms. The van der Waals surface area contributed by atoms with Crippen LogP contribution in [0.15, 0.2) is 48.5 Å². The first-order valence-electron chi connectivity index (χ1n) is 14.1. The third-order valence-electron chi connectivity index (χ3n) is 9.57. The Morgan fingerprint density at radius 3 is 0.526 bits per heavy atom. The van der Waals surface area contributed by atoms with Crippen LogP contribution in [0.3, 0.4) is 0 Å². The molecule has 0 aliphatic carbocycles. The number of hydrogen-bond donors (Lipinski definition) is 0. The summed E-state index contributed by atoms with van der Waals surface area (Å²) in [7, 11) is 0. The molecule has 0 fully saturated rings. The Hall–Kier alpha value is -3.12. The van der Waals surface area contributed by atoms with E-state index >= 15 is 0 Å². The highest BCUT2D eigenvalue weighted by molar-refractivity contribution is 5.53. The van der Waals surface area contributed by atoms with Crippen molar-refractivity contribution in [1.29, 1.82) is 0 Å². The first kappa shape index (κ1) is 27.9. The molecule has 0 bridgehead atoms. The van der Waals surface area contributed by atoms with Gasteiger partial charge in [0.25, 0.3) is 0 Å². The topological polar surface area (TPSA) is 0 Å². The van der Waals surface area contributed by atoms with Gasteiger partial charge in [0.05, 0.1) is 0 Å². The average Bonchev–Trinajstić information content (AvgIpc) is 2.85. The van der Waals surface area contributed by atoms with Gasteiger partial charge in [0, 0.05) is 11.8 Å². The van der Waals surface area contributed by atoms with Crippen molar-refractivity contribution in [2.45, 2.75) is 94.9 Å². The fourth-order valence-corrected chi connectivity index (χ4v) is 6.15. The molecule has 0 heterocycles. The van der Waals surface area contributed by atoms with Gasteiger partial charge in [-0.25, -0.2) is 0 Å². The summed E-state index contributed by atoms with van der Waals surface area (Å²) in [6.07, 6.45) is 0. The minimum Gasteiger partial charge on any atom is -0.0552 e.